The number of hydrogen-bond acceptors (Lipinski definition) is 4. The Balaban J connectivity index is 2.10. The maximum Gasteiger partial charge on any atom is 0.434 e. The van der Waals surface area contributed by atoms with Crippen molar-refractivity contribution >= 4 is 48.5 Å². The van der Waals surface area contributed by atoms with Crippen LogP contribution in [0.15, 0.2) is 16.9 Å². The molecule has 0 radical (unpaired) electrons. The fourth-order valence-electron chi connectivity index (χ4n) is 2.63. The normalized spacial score (nSPS) is 17.6. The molecule has 0 spiro atoms. The average Bonchev–Trinajstić information content (AvgIpc) is 2.92. The maximum atomic E-state index is 14.5. The first-order valence-electron chi connectivity index (χ1n) is 8.00. The lowest BCUT2D eigenvalue weighted by molar-refractivity contribution is -0.143. The SMILES string of the molecule is Cn1nc(-c2cc(/C=C(\Cl)P3(=O)OCCCO3)c(Cl)cc2F)c(Cl)c1C(F)(F)F. The number of aryl methyl sites for hydroxylation is 1. The first kappa shape index (κ1) is 22.6. The van der Waals surface area contributed by atoms with Crippen molar-refractivity contribution in [2.45, 2.75) is 12.6 Å². The molecule has 1 aliphatic rings. The smallest absolute Gasteiger partial charge is 0.305 e. The minimum Gasteiger partial charge on any atom is -0.305 e. The fraction of sp³-hybridized carbons (Fsp3) is 0.312. The molecule has 1 aromatic carbocycles. The molecule has 5 nitrogen and oxygen atoms in total. The molecule has 29 heavy (non-hydrogen) atoms. The average molecular weight is 494 g/mol. The third-order valence-corrected chi connectivity index (χ3v) is 7.06. The highest BCUT2D eigenvalue weighted by Gasteiger charge is 2.39. The molecule has 2 heterocycles. The Hall–Kier alpha value is -1.09. The minimum absolute atomic E-state index is 0.0661. The zero-order valence-electron chi connectivity index (χ0n) is 14.6. The van der Waals surface area contributed by atoms with Gasteiger partial charge < -0.3 is 9.05 Å². The minimum atomic E-state index is -4.79. The number of benzene rings is 1. The number of hydrogen-bond donors (Lipinski definition) is 0. The highest BCUT2D eigenvalue weighted by molar-refractivity contribution is 7.61. The summed E-state index contributed by atoms with van der Waals surface area (Å²) in [5, 5.41) is 2.79. The first-order valence-corrected chi connectivity index (χ1v) is 10.7. The van der Waals surface area contributed by atoms with E-state index < -0.39 is 36.0 Å². The summed E-state index contributed by atoms with van der Waals surface area (Å²) in [4.78, 5) is 0. The molecular weight excluding hydrogens is 482 g/mol. The fourth-order valence-corrected chi connectivity index (χ4v) is 4.97. The lowest BCUT2D eigenvalue weighted by Gasteiger charge is -2.22. The molecule has 0 aliphatic carbocycles. The zero-order chi connectivity index (χ0) is 21.6. The molecule has 0 bridgehead atoms. The number of aromatic nitrogens is 2. The van der Waals surface area contributed by atoms with E-state index in [1.54, 1.807) is 0 Å². The number of alkyl halides is 3. The third kappa shape index (κ3) is 4.50. The van der Waals surface area contributed by atoms with Gasteiger partial charge in [-0.2, -0.15) is 18.3 Å². The Morgan fingerprint density at radius 3 is 2.45 bits per heavy atom. The monoisotopic (exact) mass is 492 g/mol. The molecule has 1 fully saturated rings. The van der Waals surface area contributed by atoms with Crippen molar-refractivity contribution < 1.29 is 31.2 Å². The van der Waals surface area contributed by atoms with E-state index in [0.717, 1.165) is 25.3 Å². The van der Waals surface area contributed by atoms with Gasteiger partial charge in [-0.05, 0) is 30.2 Å². The predicted octanol–water partition coefficient (Wildman–Crippen LogP) is 6.72. The van der Waals surface area contributed by atoms with Gasteiger partial charge in [-0.25, -0.2) is 4.39 Å². The summed E-state index contributed by atoms with van der Waals surface area (Å²) < 4.78 is 76.9. The Morgan fingerprint density at radius 2 is 1.90 bits per heavy atom. The van der Waals surface area contributed by atoms with Crippen LogP contribution in [0.5, 0.6) is 0 Å². The van der Waals surface area contributed by atoms with E-state index in [1.165, 1.54) is 0 Å². The summed E-state index contributed by atoms with van der Waals surface area (Å²) in [7, 11) is -2.71. The van der Waals surface area contributed by atoms with E-state index in [2.05, 4.69) is 5.10 Å². The molecule has 0 saturated carbocycles. The summed E-state index contributed by atoms with van der Waals surface area (Å²) in [6, 6.07) is 1.97. The predicted molar refractivity (Wildman–Crippen MR) is 102 cm³/mol. The van der Waals surface area contributed by atoms with Gasteiger partial charge in [-0.3, -0.25) is 9.25 Å². The maximum absolute atomic E-state index is 14.5. The van der Waals surface area contributed by atoms with E-state index in [0.29, 0.717) is 11.1 Å². The van der Waals surface area contributed by atoms with Gasteiger partial charge in [-0.1, -0.05) is 34.8 Å². The van der Waals surface area contributed by atoms with Gasteiger partial charge in [0.05, 0.1) is 23.3 Å². The Kier molecular flexibility index (Phi) is 6.40. The van der Waals surface area contributed by atoms with Crippen LogP contribution in [0.1, 0.15) is 17.7 Å². The van der Waals surface area contributed by atoms with Crippen LogP contribution in [0.25, 0.3) is 17.3 Å². The van der Waals surface area contributed by atoms with Crippen LogP contribution in [-0.4, -0.2) is 23.0 Å². The third-order valence-electron chi connectivity index (χ3n) is 3.95. The van der Waals surface area contributed by atoms with Gasteiger partial charge in [0.1, 0.15) is 16.3 Å². The van der Waals surface area contributed by atoms with Crippen molar-refractivity contribution in [2.24, 2.45) is 7.05 Å². The summed E-state index contributed by atoms with van der Waals surface area (Å²) in [5.74, 6) is -0.950. The molecule has 0 amide bonds. The molecule has 0 N–H and O–H groups in total. The second-order valence-corrected chi connectivity index (χ2v) is 9.42. The molecule has 0 atom stereocenters. The van der Waals surface area contributed by atoms with Gasteiger partial charge in [0.15, 0.2) is 5.69 Å². The van der Waals surface area contributed by atoms with Gasteiger partial charge in [0.2, 0.25) is 0 Å². The van der Waals surface area contributed by atoms with Crippen molar-refractivity contribution in [1.82, 2.24) is 9.78 Å². The number of halogens is 7. The van der Waals surface area contributed by atoms with E-state index in [-0.39, 0.29) is 34.1 Å². The van der Waals surface area contributed by atoms with Crippen molar-refractivity contribution in [3.05, 3.63) is 44.0 Å². The molecule has 158 valence electrons. The second-order valence-electron chi connectivity index (χ2n) is 5.97. The molecule has 13 heteroatoms. The Morgan fingerprint density at radius 1 is 1.28 bits per heavy atom. The Bertz CT molecular complexity index is 1030. The van der Waals surface area contributed by atoms with Crippen molar-refractivity contribution in [2.75, 3.05) is 13.2 Å². The second kappa shape index (κ2) is 8.21. The van der Waals surface area contributed by atoms with Crippen LogP contribution >= 0.6 is 42.4 Å². The first-order chi connectivity index (χ1) is 13.4. The molecule has 1 aromatic heterocycles. The molecule has 2 aromatic rings. The molecule has 3 rings (SSSR count). The van der Waals surface area contributed by atoms with E-state index in [9.17, 15) is 22.1 Å². The van der Waals surface area contributed by atoms with Gasteiger partial charge in [0.25, 0.3) is 0 Å². The van der Waals surface area contributed by atoms with Crippen molar-refractivity contribution in [1.29, 1.82) is 0 Å². The summed E-state index contributed by atoms with van der Waals surface area (Å²) in [6.07, 6.45) is -3.11. The van der Waals surface area contributed by atoms with Crippen LogP contribution in [0.2, 0.25) is 10.0 Å². The quantitative estimate of drug-likeness (QED) is 0.352. The number of rotatable bonds is 3. The van der Waals surface area contributed by atoms with Crippen LogP contribution in [-0.2, 0) is 26.8 Å². The van der Waals surface area contributed by atoms with Crippen LogP contribution in [0.3, 0.4) is 0 Å². The highest BCUT2D eigenvalue weighted by Crippen LogP contribution is 2.60. The topological polar surface area (TPSA) is 53.4 Å². The van der Waals surface area contributed by atoms with Gasteiger partial charge in [-0.15, -0.1) is 0 Å². The van der Waals surface area contributed by atoms with Crippen molar-refractivity contribution in [3.8, 4) is 11.3 Å². The highest BCUT2D eigenvalue weighted by atomic mass is 35.5. The van der Waals surface area contributed by atoms with E-state index >= 15 is 0 Å². The molecule has 1 aliphatic heterocycles. The van der Waals surface area contributed by atoms with Crippen LogP contribution in [0.4, 0.5) is 17.6 Å². The molecule has 0 unspecified atom stereocenters. The largest absolute Gasteiger partial charge is 0.434 e. The number of nitrogens with zero attached hydrogens (tertiary/aromatic N) is 2. The van der Waals surface area contributed by atoms with Crippen molar-refractivity contribution in [3.63, 3.8) is 0 Å². The summed E-state index contributed by atoms with van der Waals surface area (Å²) in [5.41, 5.74) is -1.94. The van der Waals surface area contributed by atoms with E-state index in [4.69, 9.17) is 43.9 Å². The zero-order valence-corrected chi connectivity index (χ0v) is 17.7. The summed E-state index contributed by atoms with van der Waals surface area (Å²) in [6.45, 7) is 0.348. The lowest BCUT2D eigenvalue weighted by Crippen LogP contribution is -2.12. The van der Waals surface area contributed by atoms with E-state index in [1.807, 2.05) is 0 Å². The standard InChI is InChI=1S/C16H12Cl3F4N2O3P/c1-25-15(16(21,22)23)13(19)14(24-25)9-5-8(10(17)7-11(9)20)6-12(18)29(26)27-3-2-4-28-29/h5-7H,2-4H2,1H3/b12-6+. The lowest BCUT2D eigenvalue weighted by atomic mass is 10.1. The van der Waals surface area contributed by atoms with Crippen LogP contribution in [0, 0.1) is 5.82 Å². The van der Waals surface area contributed by atoms with Gasteiger partial charge in [0, 0.05) is 12.6 Å². The summed E-state index contributed by atoms with van der Waals surface area (Å²) >= 11 is 17.9. The Labute approximate surface area is 177 Å². The van der Waals surface area contributed by atoms with Gasteiger partial charge >= 0.3 is 13.8 Å². The molecule has 1 saturated heterocycles. The molecular formula is C16H12Cl3F4N2O3P. The van der Waals surface area contributed by atoms with Crippen LogP contribution < -0.4 is 0 Å².